The monoisotopic (exact) mass is 281 g/mol. The lowest BCUT2D eigenvalue weighted by molar-refractivity contribution is -0.0192. The minimum absolute atomic E-state index is 0.216. The zero-order chi connectivity index (χ0) is 14.5. The number of nitrogens with zero attached hydrogens (tertiary/aromatic N) is 3. The molecular weight excluding hydrogens is 254 g/mol. The van der Waals surface area contributed by atoms with Gasteiger partial charge >= 0.3 is 0 Å². The lowest BCUT2D eigenvalue weighted by Gasteiger charge is -2.32. The molecule has 0 spiro atoms. The van der Waals surface area contributed by atoms with Crippen molar-refractivity contribution < 1.29 is 4.74 Å². The van der Waals surface area contributed by atoms with Crippen molar-refractivity contribution in [2.45, 2.75) is 39.8 Å². The molecule has 0 amide bonds. The Balaban J connectivity index is 1.96. The smallest absolute Gasteiger partial charge is 0.148 e. The van der Waals surface area contributed by atoms with Crippen LogP contribution in [-0.2, 0) is 11.3 Å². The maximum absolute atomic E-state index is 6.11. The highest BCUT2D eigenvalue weighted by Gasteiger charge is 2.20. The number of morpholine rings is 1. The molecule has 1 aliphatic heterocycles. The number of aryl methyl sites for hydroxylation is 2. The molecule has 0 aliphatic carbocycles. The number of ether oxygens (including phenoxy) is 1. The molecule has 3 N–H and O–H groups in total. The third kappa shape index (κ3) is 3.43. The van der Waals surface area contributed by atoms with E-state index >= 15 is 0 Å². The first kappa shape index (κ1) is 15.1. The van der Waals surface area contributed by atoms with Gasteiger partial charge in [0.25, 0.3) is 0 Å². The SMILES string of the molecule is CCCn1nc(C)c(N)c1NCC1CN(CC)CCO1. The van der Waals surface area contributed by atoms with Crippen LogP contribution in [0.5, 0.6) is 0 Å². The molecule has 20 heavy (non-hydrogen) atoms. The van der Waals surface area contributed by atoms with Gasteiger partial charge in [0, 0.05) is 26.2 Å². The van der Waals surface area contributed by atoms with E-state index in [1.165, 1.54) is 0 Å². The highest BCUT2D eigenvalue weighted by molar-refractivity contribution is 5.64. The van der Waals surface area contributed by atoms with E-state index in [0.717, 1.165) is 63.0 Å². The summed E-state index contributed by atoms with van der Waals surface area (Å²) < 4.78 is 7.77. The summed E-state index contributed by atoms with van der Waals surface area (Å²) in [6.07, 6.45) is 1.26. The summed E-state index contributed by atoms with van der Waals surface area (Å²) in [5.41, 5.74) is 7.75. The fourth-order valence-electron chi connectivity index (χ4n) is 2.56. The standard InChI is InChI=1S/C14H27N5O/c1-4-6-19-14(13(15)11(3)17-19)16-9-12-10-18(5-2)7-8-20-12/h12,16H,4-10,15H2,1-3H3. The third-order valence-electron chi connectivity index (χ3n) is 3.78. The van der Waals surface area contributed by atoms with E-state index in [2.05, 4.69) is 29.2 Å². The van der Waals surface area contributed by atoms with Gasteiger partial charge in [-0.1, -0.05) is 13.8 Å². The number of nitrogen functional groups attached to an aromatic ring is 1. The Hall–Kier alpha value is -1.27. The summed E-state index contributed by atoms with van der Waals surface area (Å²) in [4.78, 5) is 2.41. The normalized spacial score (nSPS) is 20.2. The van der Waals surface area contributed by atoms with Gasteiger partial charge < -0.3 is 15.8 Å². The van der Waals surface area contributed by atoms with E-state index in [0.29, 0.717) is 0 Å². The Labute approximate surface area is 121 Å². The predicted octanol–water partition coefficient (Wildman–Crippen LogP) is 1.32. The van der Waals surface area contributed by atoms with Crippen molar-refractivity contribution in [1.82, 2.24) is 14.7 Å². The maximum Gasteiger partial charge on any atom is 0.148 e. The first-order valence-corrected chi connectivity index (χ1v) is 7.56. The van der Waals surface area contributed by atoms with Gasteiger partial charge in [0.2, 0.25) is 0 Å². The van der Waals surface area contributed by atoms with Crippen LogP contribution >= 0.6 is 0 Å². The van der Waals surface area contributed by atoms with Crippen molar-refractivity contribution in [2.75, 3.05) is 43.8 Å². The van der Waals surface area contributed by atoms with Gasteiger partial charge in [-0.3, -0.25) is 4.90 Å². The number of aromatic nitrogens is 2. The summed E-state index contributed by atoms with van der Waals surface area (Å²) in [5, 5.41) is 7.90. The minimum Gasteiger partial charge on any atom is -0.394 e. The summed E-state index contributed by atoms with van der Waals surface area (Å²) >= 11 is 0. The van der Waals surface area contributed by atoms with Crippen LogP contribution in [0.4, 0.5) is 11.5 Å². The minimum atomic E-state index is 0.216. The Kier molecular flexibility index (Phi) is 5.25. The molecule has 1 aromatic rings. The van der Waals surface area contributed by atoms with Crippen molar-refractivity contribution >= 4 is 11.5 Å². The Morgan fingerprint density at radius 2 is 2.25 bits per heavy atom. The average molecular weight is 281 g/mol. The van der Waals surface area contributed by atoms with Gasteiger partial charge in [0.1, 0.15) is 5.82 Å². The summed E-state index contributed by atoms with van der Waals surface area (Å²) in [6.45, 7) is 11.8. The second-order valence-electron chi connectivity index (χ2n) is 5.34. The van der Waals surface area contributed by atoms with E-state index in [1.54, 1.807) is 0 Å². The Morgan fingerprint density at radius 3 is 2.95 bits per heavy atom. The first-order chi connectivity index (χ1) is 9.65. The largest absolute Gasteiger partial charge is 0.394 e. The number of nitrogens with one attached hydrogen (secondary N) is 1. The van der Waals surface area contributed by atoms with E-state index < -0.39 is 0 Å². The zero-order valence-electron chi connectivity index (χ0n) is 12.9. The maximum atomic E-state index is 6.11. The third-order valence-corrected chi connectivity index (χ3v) is 3.78. The van der Waals surface area contributed by atoms with Crippen LogP contribution in [0.1, 0.15) is 26.0 Å². The van der Waals surface area contributed by atoms with Gasteiger partial charge in [-0.15, -0.1) is 0 Å². The summed E-state index contributed by atoms with van der Waals surface area (Å²) in [7, 11) is 0. The summed E-state index contributed by atoms with van der Waals surface area (Å²) in [5.74, 6) is 0.932. The number of rotatable bonds is 6. The average Bonchev–Trinajstić information content (AvgIpc) is 2.72. The van der Waals surface area contributed by atoms with Crippen molar-refractivity contribution in [3.05, 3.63) is 5.69 Å². The topological polar surface area (TPSA) is 68.3 Å². The zero-order valence-corrected chi connectivity index (χ0v) is 12.9. The van der Waals surface area contributed by atoms with Crippen molar-refractivity contribution in [3.63, 3.8) is 0 Å². The molecule has 6 nitrogen and oxygen atoms in total. The number of hydrogen-bond donors (Lipinski definition) is 2. The van der Waals surface area contributed by atoms with Crippen LogP contribution in [0.15, 0.2) is 0 Å². The molecule has 0 saturated carbocycles. The Morgan fingerprint density at radius 1 is 1.45 bits per heavy atom. The lowest BCUT2D eigenvalue weighted by atomic mass is 10.2. The molecule has 1 atom stereocenters. The number of anilines is 2. The lowest BCUT2D eigenvalue weighted by Crippen LogP contribution is -2.45. The van der Waals surface area contributed by atoms with Gasteiger partial charge in [0.15, 0.2) is 0 Å². The molecule has 2 heterocycles. The fourth-order valence-corrected chi connectivity index (χ4v) is 2.56. The molecule has 6 heteroatoms. The van der Waals surface area contributed by atoms with Crippen LogP contribution < -0.4 is 11.1 Å². The number of likely N-dealkylation sites (N-methyl/N-ethyl adjacent to an activating group) is 1. The van der Waals surface area contributed by atoms with Crippen LogP contribution in [0.2, 0.25) is 0 Å². The van der Waals surface area contributed by atoms with Crippen molar-refractivity contribution in [1.29, 1.82) is 0 Å². The van der Waals surface area contributed by atoms with Gasteiger partial charge in [-0.2, -0.15) is 5.10 Å². The molecule has 2 rings (SSSR count). The number of nitrogens with two attached hydrogens (primary N) is 1. The molecule has 114 valence electrons. The van der Waals surface area contributed by atoms with Crippen LogP contribution in [0.3, 0.4) is 0 Å². The molecule has 0 bridgehead atoms. The predicted molar refractivity (Wildman–Crippen MR) is 82.0 cm³/mol. The Bertz CT molecular complexity index is 431. The molecular formula is C14H27N5O. The van der Waals surface area contributed by atoms with Crippen LogP contribution in [-0.4, -0.2) is 53.6 Å². The second-order valence-corrected chi connectivity index (χ2v) is 5.34. The highest BCUT2D eigenvalue weighted by atomic mass is 16.5. The van der Waals surface area contributed by atoms with Gasteiger partial charge in [-0.05, 0) is 19.9 Å². The molecule has 1 aromatic heterocycles. The number of hydrogen-bond acceptors (Lipinski definition) is 5. The molecule has 1 unspecified atom stereocenters. The summed E-state index contributed by atoms with van der Waals surface area (Å²) in [6, 6.07) is 0. The molecule has 0 aromatic carbocycles. The molecule has 1 fully saturated rings. The van der Waals surface area contributed by atoms with E-state index in [4.69, 9.17) is 10.5 Å². The van der Waals surface area contributed by atoms with Gasteiger partial charge in [-0.25, -0.2) is 4.68 Å². The van der Waals surface area contributed by atoms with E-state index in [-0.39, 0.29) is 6.10 Å². The van der Waals surface area contributed by atoms with Crippen LogP contribution in [0.25, 0.3) is 0 Å². The molecule has 0 radical (unpaired) electrons. The van der Waals surface area contributed by atoms with Crippen LogP contribution in [0, 0.1) is 6.92 Å². The second kappa shape index (κ2) is 6.95. The quantitative estimate of drug-likeness (QED) is 0.823. The highest BCUT2D eigenvalue weighted by Crippen LogP contribution is 2.22. The van der Waals surface area contributed by atoms with Crippen molar-refractivity contribution in [2.24, 2.45) is 0 Å². The molecule has 1 saturated heterocycles. The van der Waals surface area contributed by atoms with E-state index in [9.17, 15) is 0 Å². The fraction of sp³-hybridized carbons (Fsp3) is 0.786. The van der Waals surface area contributed by atoms with Gasteiger partial charge in [0.05, 0.1) is 24.1 Å². The van der Waals surface area contributed by atoms with E-state index in [1.807, 2.05) is 11.6 Å². The van der Waals surface area contributed by atoms with Crippen molar-refractivity contribution in [3.8, 4) is 0 Å². The molecule has 1 aliphatic rings. The first-order valence-electron chi connectivity index (χ1n) is 7.56.